The van der Waals surface area contributed by atoms with Crippen LogP contribution in [0.15, 0.2) is 0 Å². The molecule has 70 valence electrons. The van der Waals surface area contributed by atoms with E-state index in [9.17, 15) is 0 Å². The summed E-state index contributed by atoms with van der Waals surface area (Å²) in [7, 11) is 0. The van der Waals surface area contributed by atoms with Crippen LogP contribution >= 0.6 is 0 Å². The molecule has 0 amide bonds. The highest BCUT2D eigenvalue weighted by Gasteiger charge is 2.40. The third kappa shape index (κ3) is 2.01. The Hall–Kier alpha value is -0.0400. The van der Waals surface area contributed by atoms with Crippen molar-refractivity contribution < 1.29 is 0 Å². The van der Waals surface area contributed by atoms with E-state index in [2.05, 4.69) is 19.2 Å². The van der Waals surface area contributed by atoms with Gasteiger partial charge < -0.3 is 5.32 Å². The van der Waals surface area contributed by atoms with Crippen LogP contribution in [0.4, 0.5) is 0 Å². The van der Waals surface area contributed by atoms with Crippen molar-refractivity contribution in [3.8, 4) is 0 Å². The maximum absolute atomic E-state index is 3.65. The maximum Gasteiger partial charge on any atom is 0.0100 e. The predicted octanol–water partition coefficient (Wildman–Crippen LogP) is 2.42. The van der Waals surface area contributed by atoms with Gasteiger partial charge >= 0.3 is 0 Å². The average molecular weight is 167 g/mol. The fourth-order valence-corrected chi connectivity index (χ4v) is 2.30. The van der Waals surface area contributed by atoms with E-state index in [1.54, 1.807) is 0 Å². The first-order valence-electron chi connectivity index (χ1n) is 5.54. The van der Waals surface area contributed by atoms with Gasteiger partial charge in [0, 0.05) is 6.04 Å². The van der Waals surface area contributed by atoms with Gasteiger partial charge in [0.25, 0.3) is 0 Å². The molecule has 12 heavy (non-hydrogen) atoms. The van der Waals surface area contributed by atoms with Gasteiger partial charge in [-0.2, -0.15) is 0 Å². The SMILES string of the molecule is CCNC(CC1CC1)C1CC1C. The van der Waals surface area contributed by atoms with Crippen molar-refractivity contribution in [1.29, 1.82) is 0 Å². The second-order valence-electron chi connectivity index (χ2n) is 4.72. The third-order valence-corrected chi connectivity index (χ3v) is 3.44. The van der Waals surface area contributed by atoms with Gasteiger partial charge in [-0.05, 0) is 37.1 Å². The molecule has 2 aliphatic rings. The molecule has 0 aromatic carbocycles. The van der Waals surface area contributed by atoms with Gasteiger partial charge in [-0.3, -0.25) is 0 Å². The van der Waals surface area contributed by atoms with E-state index < -0.39 is 0 Å². The van der Waals surface area contributed by atoms with Crippen molar-refractivity contribution in [2.24, 2.45) is 17.8 Å². The molecule has 1 nitrogen and oxygen atoms in total. The van der Waals surface area contributed by atoms with Gasteiger partial charge in [0.15, 0.2) is 0 Å². The molecule has 0 saturated heterocycles. The highest BCUT2D eigenvalue weighted by molar-refractivity contribution is 4.94. The summed E-state index contributed by atoms with van der Waals surface area (Å²) in [5, 5.41) is 3.65. The van der Waals surface area contributed by atoms with Crippen molar-refractivity contribution in [3.05, 3.63) is 0 Å². The molecule has 2 aliphatic carbocycles. The van der Waals surface area contributed by atoms with Crippen LogP contribution in [0.2, 0.25) is 0 Å². The molecule has 0 heterocycles. The Kier molecular flexibility index (Phi) is 2.40. The maximum atomic E-state index is 3.65. The quantitative estimate of drug-likeness (QED) is 0.663. The van der Waals surface area contributed by atoms with Crippen molar-refractivity contribution in [2.75, 3.05) is 6.54 Å². The van der Waals surface area contributed by atoms with Crippen LogP contribution in [-0.4, -0.2) is 12.6 Å². The molecule has 0 radical (unpaired) electrons. The van der Waals surface area contributed by atoms with Crippen molar-refractivity contribution in [1.82, 2.24) is 5.32 Å². The molecule has 1 heteroatoms. The van der Waals surface area contributed by atoms with E-state index >= 15 is 0 Å². The highest BCUT2D eigenvalue weighted by Crippen LogP contribution is 2.45. The molecule has 1 N–H and O–H groups in total. The normalized spacial score (nSPS) is 36.5. The number of nitrogens with one attached hydrogen (secondary N) is 1. The smallest absolute Gasteiger partial charge is 0.0100 e. The van der Waals surface area contributed by atoms with E-state index in [1.165, 1.54) is 25.7 Å². The zero-order valence-corrected chi connectivity index (χ0v) is 8.34. The molecule has 0 aliphatic heterocycles. The van der Waals surface area contributed by atoms with E-state index in [0.717, 1.165) is 30.3 Å². The number of hydrogen-bond donors (Lipinski definition) is 1. The zero-order chi connectivity index (χ0) is 8.55. The number of rotatable bonds is 5. The summed E-state index contributed by atoms with van der Waals surface area (Å²) in [5.74, 6) is 3.11. The lowest BCUT2D eigenvalue weighted by molar-refractivity contribution is 0.411. The summed E-state index contributed by atoms with van der Waals surface area (Å²) in [6.07, 6.45) is 5.94. The van der Waals surface area contributed by atoms with Crippen LogP contribution in [-0.2, 0) is 0 Å². The lowest BCUT2D eigenvalue weighted by Crippen LogP contribution is -2.31. The highest BCUT2D eigenvalue weighted by atomic mass is 14.9. The molecule has 3 unspecified atom stereocenters. The van der Waals surface area contributed by atoms with Gasteiger partial charge in [0.2, 0.25) is 0 Å². The summed E-state index contributed by atoms with van der Waals surface area (Å²) >= 11 is 0. The molecule has 2 fully saturated rings. The third-order valence-electron chi connectivity index (χ3n) is 3.44. The number of hydrogen-bond acceptors (Lipinski definition) is 1. The Bertz CT molecular complexity index is 151. The first-order valence-corrected chi connectivity index (χ1v) is 5.54. The summed E-state index contributed by atoms with van der Waals surface area (Å²) < 4.78 is 0. The van der Waals surface area contributed by atoms with Gasteiger partial charge in [0.1, 0.15) is 0 Å². The molecule has 0 aromatic rings. The lowest BCUT2D eigenvalue weighted by atomic mass is 10.0. The van der Waals surface area contributed by atoms with Gasteiger partial charge in [-0.1, -0.05) is 26.7 Å². The minimum absolute atomic E-state index is 0.859. The summed E-state index contributed by atoms with van der Waals surface area (Å²) in [6.45, 7) is 5.77. The van der Waals surface area contributed by atoms with Crippen LogP contribution in [0, 0.1) is 17.8 Å². The largest absolute Gasteiger partial charge is 0.314 e. The molecule has 0 aromatic heterocycles. The second-order valence-corrected chi connectivity index (χ2v) is 4.72. The van der Waals surface area contributed by atoms with Crippen molar-refractivity contribution in [3.63, 3.8) is 0 Å². The van der Waals surface area contributed by atoms with Gasteiger partial charge in [-0.25, -0.2) is 0 Å². The molecule has 0 bridgehead atoms. The van der Waals surface area contributed by atoms with Gasteiger partial charge in [0.05, 0.1) is 0 Å². The minimum Gasteiger partial charge on any atom is -0.314 e. The molecule has 0 spiro atoms. The van der Waals surface area contributed by atoms with Crippen LogP contribution in [0.3, 0.4) is 0 Å². The fraction of sp³-hybridized carbons (Fsp3) is 1.00. The summed E-state index contributed by atoms with van der Waals surface area (Å²) in [4.78, 5) is 0. The predicted molar refractivity (Wildman–Crippen MR) is 52.1 cm³/mol. The Labute approximate surface area is 75.9 Å². The standard InChI is InChI=1S/C11H21N/c1-3-12-11(7-9-4-5-9)10-6-8(10)2/h8-12H,3-7H2,1-2H3. The molecular weight excluding hydrogens is 146 g/mol. The van der Waals surface area contributed by atoms with E-state index in [1.807, 2.05) is 0 Å². The van der Waals surface area contributed by atoms with Crippen molar-refractivity contribution in [2.45, 2.75) is 45.6 Å². The summed E-state index contributed by atoms with van der Waals surface area (Å²) in [6, 6.07) is 0.859. The van der Waals surface area contributed by atoms with Crippen LogP contribution in [0.25, 0.3) is 0 Å². The second kappa shape index (κ2) is 3.37. The molecular formula is C11H21N. The zero-order valence-electron chi connectivity index (χ0n) is 8.34. The molecule has 3 atom stereocenters. The topological polar surface area (TPSA) is 12.0 Å². The minimum atomic E-state index is 0.859. The molecule has 2 saturated carbocycles. The van der Waals surface area contributed by atoms with E-state index in [0.29, 0.717) is 0 Å². The first kappa shape index (κ1) is 8.55. The fourth-order valence-electron chi connectivity index (χ4n) is 2.30. The molecule has 2 rings (SSSR count). The lowest BCUT2D eigenvalue weighted by Gasteiger charge is -2.17. The van der Waals surface area contributed by atoms with E-state index in [4.69, 9.17) is 0 Å². The van der Waals surface area contributed by atoms with Crippen LogP contribution in [0.5, 0.6) is 0 Å². The Morgan fingerprint density at radius 1 is 1.42 bits per heavy atom. The Balaban J connectivity index is 1.75. The van der Waals surface area contributed by atoms with Crippen LogP contribution < -0.4 is 5.32 Å². The van der Waals surface area contributed by atoms with Crippen LogP contribution in [0.1, 0.15) is 39.5 Å². The van der Waals surface area contributed by atoms with E-state index in [-0.39, 0.29) is 0 Å². The first-order chi connectivity index (χ1) is 5.81. The summed E-state index contributed by atoms with van der Waals surface area (Å²) in [5.41, 5.74) is 0. The Morgan fingerprint density at radius 3 is 2.50 bits per heavy atom. The average Bonchev–Trinajstić information content (AvgIpc) is 2.86. The Morgan fingerprint density at radius 2 is 2.08 bits per heavy atom. The van der Waals surface area contributed by atoms with Crippen molar-refractivity contribution >= 4 is 0 Å². The monoisotopic (exact) mass is 167 g/mol. The van der Waals surface area contributed by atoms with Gasteiger partial charge in [-0.15, -0.1) is 0 Å².